The Bertz CT molecular complexity index is 595. The SMILES string of the molecule is Br.Br.CCN(CC)CCNc1cc(OCCO)cc2cccnc12. The van der Waals surface area contributed by atoms with Crippen molar-refractivity contribution in [3.8, 4) is 5.75 Å². The highest BCUT2D eigenvalue weighted by Crippen LogP contribution is 2.27. The Morgan fingerprint density at radius 1 is 1.21 bits per heavy atom. The third-order valence-corrected chi connectivity index (χ3v) is 3.68. The van der Waals surface area contributed by atoms with E-state index in [1.54, 1.807) is 6.20 Å². The first-order chi connectivity index (χ1) is 10.8. The molecule has 0 aliphatic rings. The summed E-state index contributed by atoms with van der Waals surface area (Å²) in [5.74, 6) is 0.750. The molecule has 1 aromatic carbocycles. The van der Waals surface area contributed by atoms with Crippen LogP contribution in [0, 0.1) is 0 Å². The predicted molar refractivity (Wildman–Crippen MR) is 111 cm³/mol. The molecule has 136 valence electrons. The summed E-state index contributed by atoms with van der Waals surface area (Å²) in [6.07, 6.45) is 1.80. The molecule has 5 nitrogen and oxygen atoms in total. The second-order valence-corrected chi connectivity index (χ2v) is 5.07. The summed E-state index contributed by atoms with van der Waals surface area (Å²) in [7, 11) is 0. The van der Waals surface area contributed by atoms with Crippen molar-refractivity contribution in [1.82, 2.24) is 9.88 Å². The molecule has 0 saturated heterocycles. The predicted octanol–water partition coefficient (Wildman–Crippen LogP) is 3.52. The first-order valence-electron chi connectivity index (χ1n) is 7.87. The molecule has 2 rings (SSSR count). The minimum atomic E-state index is 0. The average Bonchev–Trinajstić information content (AvgIpc) is 2.56. The topological polar surface area (TPSA) is 57.6 Å². The highest BCUT2D eigenvalue weighted by molar-refractivity contribution is 8.93. The van der Waals surface area contributed by atoms with Crippen LogP contribution in [-0.2, 0) is 0 Å². The maximum Gasteiger partial charge on any atom is 0.122 e. The van der Waals surface area contributed by atoms with E-state index in [1.807, 2.05) is 24.3 Å². The fraction of sp³-hybridized carbons (Fsp3) is 0.471. The molecule has 2 N–H and O–H groups in total. The van der Waals surface area contributed by atoms with Gasteiger partial charge in [-0.15, -0.1) is 34.0 Å². The van der Waals surface area contributed by atoms with Crippen LogP contribution in [0.3, 0.4) is 0 Å². The van der Waals surface area contributed by atoms with Crippen molar-refractivity contribution >= 4 is 50.6 Å². The fourth-order valence-electron chi connectivity index (χ4n) is 2.43. The van der Waals surface area contributed by atoms with E-state index in [0.717, 1.165) is 48.5 Å². The lowest BCUT2D eigenvalue weighted by molar-refractivity contribution is 0.201. The number of benzene rings is 1. The van der Waals surface area contributed by atoms with Gasteiger partial charge in [0.15, 0.2) is 0 Å². The van der Waals surface area contributed by atoms with Crippen molar-refractivity contribution < 1.29 is 9.84 Å². The number of nitrogens with one attached hydrogen (secondary N) is 1. The van der Waals surface area contributed by atoms with E-state index < -0.39 is 0 Å². The van der Waals surface area contributed by atoms with Gasteiger partial charge in [0.2, 0.25) is 0 Å². The minimum Gasteiger partial charge on any atom is -0.491 e. The quantitative estimate of drug-likeness (QED) is 0.594. The van der Waals surface area contributed by atoms with Gasteiger partial charge in [0.25, 0.3) is 0 Å². The van der Waals surface area contributed by atoms with Gasteiger partial charge in [-0.25, -0.2) is 0 Å². The largest absolute Gasteiger partial charge is 0.491 e. The van der Waals surface area contributed by atoms with Gasteiger partial charge < -0.3 is 20.1 Å². The summed E-state index contributed by atoms with van der Waals surface area (Å²) in [6.45, 7) is 8.60. The maximum atomic E-state index is 8.91. The molecule has 1 aromatic heterocycles. The zero-order valence-corrected chi connectivity index (χ0v) is 17.6. The number of aliphatic hydroxyl groups excluding tert-OH is 1. The van der Waals surface area contributed by atoms with Crippen molar-refractivity contribution in [2.75, 3.05) is 44.7 Å². The molecule has 0 bridgehead atoms. The van der Waals surface area contributed by atoms with E-state index in [9.17, 15) is 0 Å². The smallest absolute Gasteiger partial charge is 0.122 e. The third kappa shape index (κ3) is 6.55. The van der Waals surface area contributed by atoms with Crippen LogP contribution in [0.4, 0.5) is 5.69 Å². The van der Waals surface area contributed by atoms with E-state index in [2.05, 4.69) is 29.0 Å². The number of anilines is 1. The van der Waals surface area contributed by atoms with Crippen LogP contribution >= 0.6 is 34.0 Å². The Morgan fingerprint density at radius 3 is 2.62 bits per heavy atom. The van der Waals surface area contributed by atoms with Crippen LogP contribution in [0.1, 0.15) is 13.8 Å². The Hall–Kier alpha value is -0.890. The van der Waals surface area contributed by atoms with Gasteiger partial charge in [-0.05, 0) is 25.2 Å². The van der Waals surface area contributed by atoms with Crippen LogP contribution in [0.25, 0.3) is 10.9 Å². The number of likely N-dealkylation sites (N-methyl/N-ethyl adjacent to an activating group) is 1. The number of pyridine rings is 1. The minimum absolute atomic E-state index is 0. The van der Waals surface area contributed by atoms with Crippen LogP contribution in [0.2, 0.25) is 0 Å². The fourth-order valence-corrected chi connectivity index (χ4v) is 2.43. The van der Waals surface area contributed by atoms with E-state index >= 15 is 0 Å². The van der Waals surface area contributed by atoms with Crippen molar-refractivity contribution in [3.63, 3.8) is 0 Å². The van der Waals surface area contributed by atoms with E-state index in [0.29, 0.717) is 6.61 Å². The molecule has 24 heavy (non-hydrogen) atoms. The number of ether oxygens (including phenoxy) is 1. The van der Waals surface area contributed by atoms with E-state index in [4.69, 9.17) is 9.84 Å². The van der Waals surface area contributed by atoms with Crippen molar-refractivity contribution in [1.29, 1.82) is 0 Å². The molecule has 0 atom stereocenters. The Balaban J connectivity index is 0.00000264. The van der Waals surface area contributed by atoms with Crippen molar-refractivity contribution in [2.24, 2.45) is 0 Å². The number of halogens is 2. The molecule has 0 aliphatic heterocycles. The molecule has 0 radical (unpaired) electrons. The second-order valence-electron chi connectivity index (χ2n) is 5.07. The van der Waals surface area contributed by atoms with Gasteiger partial charge >= 0.3 is 0 Å². The third-order valence-electron chi connectivity index (χ3n) is 3.68. The molecule has 7 heteroatoms. The Morgan fingerprint density at radius 2 is 1.96 bits per heavy atom. The molecule has 0 saturated carbocycles. The zero-order valence-electron chi connectivity index (χ0n) is 14.2. The number of hydrogen-bond acceptors (Lipinski definition) is 5. The average molecular weight is 465 g/mol. The molecule has 0 spiro atoms. The lowest BCUT2D eigenvalue weighted by Gasteiger charge is -2.19. The Kier molecular flexibility index (Phi) is 12.0. The molecule has 0 unspecified atom stereocenters. The summed E-state index contributed by atoms with van der Waals surface area (Å²) in [5.41, 5.74) is 1.91. The van der Waals surface area contributed by atoms with Gasteiger partial charge in [0.1, 0.15) is 12.4 Å². The summed E-state index contributed by atoms with van der Waals surface area (Å²) in [5, 5.41) is 13.4. The zero-order chi connectivity index (χ0) is 15.8. The molecule has 1 heterocycles. The van der Waals surface area contributed by atoms with Crippen molar-refractivity contribution in [2.45, 2.75) is 13.8 Å². The second kappa shape index (κ2) is 12.5. The lowest BCUT2D eigenvalue weighted by Crippen LogP contribution is -2.28. The normalized spacial score (nSPS) is 10.2. The number of nitrogens with zero attached hydrogens (tertiary/aromatic N) is 2. The molecule has 0 fully saturated rings. The summed E-state index contributed by atoms with van der Waals surface area (Å²) in [4.78, 5) is 6.83. The van der Waals surface area contributed by atoms with Crippen LogP contribution < -0.4 is 10.1 Å². The first-order valence-corrected chi connectivity index (χ1v) is 7.87. The van der Waals surface area contributed by atoms with Gasteiger partial charge in [-0.2, -0.15) is 0 Å². The van der Waals surface area contributed by atoms with Crippen LogP contribution in [0.15, 0.2) is 30.5 Å². The highest BCUT2D eigenvalue weighted by atomic mass is 79.9. The number of aliphatic hydroxyl groups is 1. The van der Waals surface area contributed by atoms with E-state index in [1.165, 1.54) is 0 Å². The van der Waals surface area contributed by atoms with Gasteiger partial charge in [-0.3, -0.25) is 4.98 Å². The summed E-state index contributed by atoms with van der Waals surface area (Å²) in [6, 6.07) is 7.84. The highest BCUT2D eigenvalue weighted by Gasteiger charge is 2.07. The lowest BCUT2D eigenvalue weighted by atomic mass is 10.1. The number of aromatic nitrogens is 1. The monoisotopic (exact) mass is 463 g/mol. The van der Waals surface area contributed by atoms with E-state index in [-0.39, 0.29) is 40.6 Å². The molecule has 0 aliphatic carbocycles. The molecular formula is C17H27Br2N3O2. The van der Waals surface area contributed by atoms with Gasteiger partial charge in [-0.1, -0.05) is 19.9 Å². The van der Waals surface area contributed by atoms with Crippen molar-refractivity contribution in [3.05, 3.63) is 30.5 Å². The Labute approximate surface area is 164 Å². The molecule has 0 amide bonds. The van der Waals surface area contributed by atoms with Gasteiger partial charge in [0, 0.05) is 30.7 Å². The number of rotatable bonds is 9. The molecule has 2 aromatic rings. The first kappa shape index (κ1) is 23.1. The summed E-state index contributed by atoms with van der Waals surface area (Å²) < 4.78 is 5.55. The van der Waals surface area contributed by atoms with Crippen LogP contribution in [-0.4, -0.2) is 54.4 Å². The molecular weight excluding hydrogens is 438 g/mol. The number of fused-ring (bicyclic) bond motifs is 1. The maximum absolute atomic E-state index is 8.91. The summed E-state index contributed by atoms with van der Waals surface area (Å²) >= 11 is 0. The van der Waals surface area contributed by atoms with Gasteiger partial charge in [0.05, 0.1) is 17.8 Å². The standard InChI is InChI=1S/C17H25N3O2.2BrH/c1-3-20(4-2)9-8-18-16-13-15(22-11-10-21)12-14-6-5-7-19-17(14)16;;/h5-7,12-13,18,21H,3-4,8-11H2,1-2H3;2*1H. The van der Waals surface area contributed by atoms with Crippen LogP contribution in [0.5, 0.6) is 5.75 Å². The number of hydrogen-bond donors (Lipinski definition) is 2.